The van der Waals surface area contributed by atoms with Crippen molar-refractivity contribution >= 4 is 44.2 Å². The van der Waals surface area contributed by atoms with Gasteiger partial charge >= 0.3 is 0 Å². The molecule has 1 amide bonds. The van der Waals surface area contributed by atoms with Crippen LogP contribution in [-0.2, 0) is 10.0 Å². The number of rotatable bonds is 6. The Hall–Kier alpha value is -2.34. The molecule has 1 aliphatic rings. The van der Waals surface area contributed by atoms with Crippen molar-refractivity contribution in [2.75, 3.05) is 38.0 Å². The molecular formula is C24H25IN4O3S. The maximum absolute atomic E-state index is 13.0. The molecule has 4 rings (SSSR count). The Kier molecular flexibility index (Phi) is 7.42. The highest BCUT2D eigenvalue weighted by molar-refractivity contribution is 14.1. The van der Waals surface area contributed by atoms with Gasteiger partial charge < -0.3 is 10.2 Å². The molecule has 33 heavy (non-hydrogen) atoms. The number of amides is 1. The second-order valence-electron chi connectivity index (χ2n) is 7.73. The average molecular weight is 576 g/mol. The minimum absolute atomic E-state index is 0.204. The third-order valence-electron chi connectivity index (χ3n) is 5.70. The van der Waals surface area contributed by atoms with E-state index in [2.05, 4.69) is 44.7 Å². The zero-order chi connectivity index (χ0) is 23.4. The molecule has 0 spiro atoms. The first kappa shape index (κ1) is 23.8. The molecule has 2 aromatic carbocycles. The summed E-state index contributed by atoms with van der Waals surface area (Å²) >= 11 is 2.24. The molecule has 172 valence electrons. The summed E-state index contributed by atoms with van der Waals surface area (Å²) in [7, 11) is -3.57. The number of likely N-dealkylation sites (N-methyl/N-ethyl adjacent to an activating group) is 1. The molecule has 1 N–H and O–H groups in total. The monoisotopic (exact) mass is 576 g/mol. The van der Waals surface area contributed by atoms with Crippen molar-refractivity contribution in [1.29, 1.82) is 0 Å². The van der Waals surface area contributed by atoms with Crippen molar-refractivity contribution in [2.45, 2.75) is 11.8 Å². The molecule has 0 atom stereocenters. The number of hydrogen-bond donors (Lipinski definition) is 1. The summed E-state index contributed by atoms with van der Waals surface area (Å²) in [4.78, 5) is 19.6. The van der Waals surface area contributed by atoms with Crippen molar-refractivity contribution in [3.05, 3.63) is 76.0 Å². The highest BCUT2D eigenvalue weighted by Crippen LogP contribution is 2.27. The van der Waals surface area contributed by atoms with E-state index in [0.29, 0.717) is 24.3 Å². The van der Waals surface area contributed by atoms with Gasteiger partial charge in [-0.15, -0.1) is 0 Å². The predicted molar refractivity (Wildman–Crippen MR) is 138 cm³/mol. The summed E-state index contributed by atoms with van der Waals surface area (Å²) in [6.07, 6.45) is 1.73. The minimum atomic E-state index is -3.57. The van der Waals surface area contributed by atoms with Crippen molar-refractivity contribution in [2.24, 2.45) is 0 Å². The van der Waals surface area contributed by atoms with E-state index in [1.165, 1.54) is 16.4 Å². The molecule has 0 radical (unpaired) electrons. The highest BCUT2D eigenvalue weighted by atomic mass is 127. The van der Waals surface area contributed by atoms with Crippen LogP contribution >= 0.6 is 22.6 Å². The zero-order valence-electron chi connectivity index (χ0n) is 18.2. The molecule has 0 unspecified atom stereocenters. The third-order valence-corrected chi connectivity index (χ3v) is 8.55. The van der Waals surface area contributed by atoms with Crippen LogP contribution < -0.4 is 5.32 Å². The van der Waals surface area contributed by atoms with Gasteiger partial charge in [-0.3, -0.25) is 9.78 Å². The molecule has 0 saturated carbocycles. The van der Waals surface area contributed by atoms with Gasteiger partial charge in [0.2, 0.25) is 10.0 Å². The number of sulfonamides is 1. The van der Waals surface area contributed by atoms with Crippen molar-refractivity contribution in [3.8, 4) is 11.3 Å². The Labute approximate surface area is 208 Å². The van der Waals surface area contributed by atoms with Gasteiger partial charge in [-0.1, -0.05) is 13.0 Å². The molecule has 7 nitrogen and oxygen atoms in total. The quantitative estimate of drug-likeness (QED) is 0.450. The van der Waals surface area contributed by atoms with Crippen LogP contribution in [0.3, 0.4) is 0 Å². The maximum Gasteiger partial charge on any atom is 0.255 e. The number of pyridine rings is 1. The number of halogens is 1. The normalized spacial score (nSPS) is 15.3. The van der Waals surface area contributed by atoms with Crippen LogP contribution in [0.5, 0.6) is 0 Å². The molecule has 2 heterocycles. The topological polar surface area (TPSA) is 82.6 Å². The van der Waals surface area contributed by atoms with Gasteiger partial charge in [0.25, 0.3) is 5.91 Å². The smallest absolute Gasteiger partial charge is 0.255 e. The van der Waals surface area contributed by atoms with Crippen LogP contribution in [0.2, 0.25) is 0 Å². The summed E-state index contributed by atoms with van der Waals surface area (Å²) in [6, 6.07) is 17.5. The Morgan fingerprint density at radius 2 is 1.76 bits per heavy atom. The van der Waals surface area contributed by atoms with E-state index in [1.54, 1.807) is 18.3 Å². The summed E-state index contributed by atoms with van der Waals surface area (Å²) in [5.41, 5.74) is 2.79. The van der Waals surface area contributed by atoms with Crippen LogP contribution in [0, 0.1) is 3.57 Å². The van der Waals surface area contributed by atoms with Crippen LogP contribution in [0.4, 0.5) is 5.69 Å². The van der Waals surface area contributed by atoms with Crippen LogP contribution in [0.1, 0.15) is 17.3 Å². The molecular weight excluding hydrogens is 551 g/mol. The predicted octanol–water partition coefficient (Wildman–Crippen LogP) is 3.93. The number of nitrogens with one attached hydrogen (secondary N) is 1. The van der Waals surface area contributed by atoms with Gasteiger partial charge in [-0.05, 0) is 83.7 Å². The van der Waals surface area contributed by atoms with Gasteiger partial charge in [-0.25, -0.2) is 8.42 Å². The Morgan fingerprint density at radius 1 is 1.03 bits per heavy atom. The fraction of sp³-hybridized carbons (Fsp3) is 0.250. The van der Waals surface area contributed by atoms with Crippen LogP contribution in [0.25, 0.3) is 11.3 Å². The molecule has 1 saturated heterocycles. The molecule has 0 bridgehead atoms. The van der Waals surface area contributed by atoms with Gasteiger partial charge in [0, 0.05) is 52.8 Å². The first-order chi connectivity index (χ1) is 15.9. The SMILES string of the molecule is CCN1CCN(S(=O)(=O)c2ccc(C(=O)Nc3ccc(I)c(-c4ccccn4)c3)cc2)CC1. The lowest BCUT2D eigenvalue weighted by atomic mass is 10.1. The molecule has 1 aliphatic heterocycles. The van der Waals surface area contributed by atoms with E-state index in [9.17, 15) is 13.2 Å². The minimum Gasteiger partial charge on any atom is -0.322 e. The van der Waals surface area contributed by atoms with E-state index in [4.69, 9.17) is 0 Å². The number of anilines is 1. The summed E-state index contributed by atoms with van der Waals surface area (Å²) in [5.74, 6) is -0.302. The molecule has 1 fully saturated rings. The number of nitrogens with zero attached hydrogens (tertiary/aromatic N) is 3. The molecule has 3 aromatic rings. The lowest BCUT2D eigenvalue weighted by molar-refractivity contribution is 0.102. The number of hydrogen-bond acceptors (Lipinski definition) is 5. The van der Waals surface area contributed by atoms with E-state index >= 15 is 0 Å². The lowest BCUT2D eigenvalue weighted by Gasteiger charge is -2.33. The maximum atomic E-state index is 13.0. The van der Waals surface area contributed by atoms with Gasteiger partial charge in [0.15, 0.2) is 0 Å². The first-order valence-electron chi connectivity index (χ1n) is 10.7. The third kappa shape index (κ3) is 5.43. The largest absolute Gasteiger partial charge is 0.322 e. The number of carbonyl (C=O) groups excluding carboxylic acids is 1. The summed E-state index contributed by atoms with van der Waals surface area (Å²) < 4.78 is 28.5. The molecule has 9 heteroatoms. The van der Waals surface area contributed by atoms with Crippen molar-refractivity contribution in [1.82, 2.24) is 14.2 Å². The van der Waals surface area contributed by atoms with Crippen LogP contribution in [-0.4, -0.2) is 61.2 Å². The van der Waals surface area contributed by atoms with Gasteiger partial charge in [0.1, 0.15) is 0 Å². The zero-order valence-corrected chi connectivity index (χ0v) is 21.2. The molecule has 0 aliphatic carbocycles. The van der Waals surface area contributed by atoms with E-state index in [0.717, 1.165) is 34.5 Å². The Bertz CT molecular complexity index is 1230. The standard InChI is InChI=1S/C24H25IN4O3S/c1-2-28-13-15-29(16-14-28)33(31,32)20-9-6-18(7-10-20)24(30)27-19-8-11-22(25)21(17-19)23-5-3-4-12-26-23/h3-12,17H,2,13-16H2,1H3,(H,27,30). The fourth-order valence-corrected chi connectivity index (χ4v) is 5.77. The van der Waals surface area contributed by atoms with E-state index < -0.39 is 10.0 Å². The van der Waals surface area contributed by atoms with E-state index in [1.807, 2.05) is 36.4 Å². The average Bonchev–Trinajstić information content (AvgIpc) is 2.86. The van der Waals surface area contributed by atoms with E-state index in [-0.39, 0.29) is 10.8 Å². The first-order valence-corrected chi connectivity index (χ1v) is 13.3. The Balaban J connectivity index is 1.47. The van der Waals surface area contributed by atoms with Gasteiger partial charge in [0.05, 0.1) is 10.6 Å². The summed E-state index contributed by atoms with van der Waals surface area (Å²) in [6.45, 7) is 5.40. The summed E-state index contributed by atoms with van der Waals surface area (Å²) in [5, 5.41) is 2.89. The van der Waals surface area contributed by atoms with Crippen molar-refractivity contribution < 1.29 is 13.2 Å². The van der Waals surface area contributed by atoms with Crippen LogP contribution in [0.15, 0.2) is 71.8 Å². The number of piperazine rings is 1. The van der Waals surface area contributed by atoms with Gasteiger partial charge in [-0.2, -0.15) is 4.31 Å². The second-order valence-corrected chi connectivity index (χ2v) is 10.8. The number of aromatic nitrogens is 1. The second kappa shape index (κ2) is 10.3. The fourth-order valence-electron chi connectivity index (χ4n) is 3.74. The highest BCUT2D eigenvalue weighted by Gasteiger charge is 2.28. The lowest BCUT2D eigenvalue weighted by Crippen LogP contribution is -2.48. The molecule has 1 aromatic heterocycles. The Morgan fingerprint density at radius 3 is 2.39 bits per heavy atom. The van der Waals surface area contributed by atoms with Crippen molar-refractivity contribution in [3.63, 3.8) is 0 Å². The number of benzene rings is 2. The number of carbonyl (C=O) groups is 1.